The highest BCUT2D eigenvalue weighted by Gasteiger charge is 2.26. The second kappa shape index (κ2) is 7.39. The monoisotopic (exact) mass is 396 g/mol. The van der Waals surface area contributed by atoms with Gasteiger partial charge in [-0.15, -0.1) is 11.3 Å². The molecule has 3 heterocycles. The highest BCUT2D eigenvalue weighted by Crippen LogP contribution is 2.30. The van der Waals surface area contributed by atoms with Crippen molar-refractivity contribution >= 4 is 33.5 Å². The van der Waals surface area contributed by atoms with Gasteiger partial charge in [0.15, 0.2) is 0 Å². The normalized spacial score (nSPS) is 15.1. The molecule has 1 amide bonds. The molecule has 28 heavy (non-hydrogen) atoms. The molecule has 4 rings (SSSR count). The highest BCUT2D eigenvalue weighted by molar-refractivity contribution is 7.21. The minimum Gasteiger partial charge on any atom is -0.444 e. The number of pyridine rings is 1. The molecule has 1 saturated heterocycles. The molecule has 146 valence electrons. The summed E-state index contributed by atoms with van der Waals surface area (Å²) >= 11 is 1.68. The molecule has 0 saturated carbocycles. The maximum absolute atomic E-state index is 12.2. The van der Waals surface area contributed by atoms with Gasteiger partial charge in [-0.25, -0.2) is 14.8 Å². The molecule has 0 aliphatic carbocycles. The van der Waals surface area contributed by atoms with Crippen molar-refractivity contribution < 1.29 is 9.53 Å². The van der Waals surface area contributed by atoms with Gasteiger partial charge in [0.2, 0.25) is 0 Å². The van der Waals surface area contributed by atoms with E-state index in [1.165, 1.54) is 4.70 Å². The number of hydrogen-bond donors (Lipinski definition) is 0. The van der Waals surface area contributed by atoms with Crippen LogP contribution in [0.25, 0.3) is 20.8 Å². The van der Waals surface area contributed by atoms with Crippen LogP contribution >= 0.6 is 11.3 Å². The van der Waals surface area contributed by atoms with Gasteiger partial charge in [-0.1, -0.05) is 12.1 Å². The lowest BCUT2D eigenvalue weighted by Gasteiger charge is -2.36. The highest BCUT2D eigenvalue weighted by atomic mass is 32.1. The van der Waals surface area contributed by atoms with E-state index in [0.717, 1.165) is 35.0 Å². The van der Waals surface area contributed by atoms with Crippen LogP contribution in [0.2, 0.25) is 0 Å². The topological polar surface area (TPSA) is 58.6 Å². The number of thiazole rings is 1. The van der Waals surface area contributed by atoms with E-state index in [1.54, 1.807) is 16.2 Å². The third-order valence-electron chi connectivity index (χ3n) is 4.54. The number of para-hydroxylation sites is 1. The molecule has 3 aromatic rings. The number of hydrogen-bond acceptors (Lipinski definition) is 6. The van der Waals surface area contributed by atoms with E-state index in [9.17, 15) is 4.79 Å². The first-order valence-electron chi connectivity index (χ1n) is 9.44. The van der Waals surface area contributed by atoms with Crippen LogP contribution in [-0.4, -0.2) is 52.7 Å². The van der Waals surface area contributed by atoms with Crippen molar-refractivity contribution in [2.24, 2.45) is 0 Å². The van der Waals surface area contributed by atoms with E-state index in [4.69, 9.17) is 9.72 Å². The van der Waals surface area contributed by atoms with E-state index >= 15 is 0 Å². The number of rotatable bonds is 2. The first kappa shape index (κ1) is 18.7. The summed E-state index contributed by atoms with van der Waals surface area (Å²) in [6.45, 7) is 8.42. The van der Waals surface area contributed by atoms with Crippen molar-refractivity contribution in [3.63, 3.8) is 0 Å². The fraction of sp³-hybridized carbons (Fsp3) is 0.381. The first-order chi connectivity index (χ1) is 13.4. The third-order valence-corrected chi connectivity index (χ3v) is 5.63. The van der Waals surface area contributed by atoms with Crippen LogP contribution in [0.1, 0.15) is 20.8 Å². The van der Waals surface area contributed by atoms with E-state index in [2.05, 4.69) is 22.0 Å². The Morgan fingerprint density at radius 1 is 1.07 bits per heavy atom. The van der Waals surface area contributed by atoms with Gasteiger partial charge in [0.1, 0.15) is 16.4 Å². The summed E-state index contributed by atoms with van der Waals surface area (Å²) in [5, 5.41) is 0.981. The van der Waals surface area contributed by atoms with Gasteiger partial charge in [0.05, 0.1) is 10.2 Å². The summed E-state index contributed by atoms with van der Waals surface area (Å²) in [5.41, 5.74) is 1.58. The van der Waals surface area contributed by atoms with Crippen LogP contribution in [-0.2, 0) is 4.74 Å². The molecule has 0 radical (unpaired) electrons. The smallest absolute Gasteiger partial charge is 0.410 e. The van der Waals surface area contributed by atoms with Crippen molar-refractivity contribution in [3.05, 3.63) is 42.6 Å². The number of amides is 1. The van der Waals surface area contributed by atoms with Crippen LogP contribution in [0.5, 0.6) is 0 Å². The zero-order valence-corrected chi connectivity index (χ0v) is 17.2. The number of anilines is 1. The van der Waals surface area contributed by atoms with Crippen molar-refractivity contribution in [1.29, 1.82) is 0 Å². The molecule has 0 spiro atoms. The molecule has 6 nitrogen and oxygen atoms in total. The minimum absolute atomic E-state index is 0.244. The van der Waals surface area contributed by atoms with Crippen molar-refractivity contribution in [2.75, 3.05) is 31.1 Å². The van der Waals surface area contributed by atoms with Gasteiger partial charge in [-0.2, -0.15) is 0 Å². The van der Waals surface area contributed by atoms with E-state index < -0.39 is 5.60 Å². The lowest BCUT2D eigenvalue weighted by Crippen LogP contribution is -2.50. The Kier molecular flexibility index (Phi) is 4.93. The van der Waals surface area contributed by atoms with Gasteiger partial charge in [0.25, 0.3) is 0 Å². The fourth-order valence-corrected chi connectivity index (χ4v) is 4.10. The van der Waals surface area contributed by atoms with E-state index in [1.807, 2.05) is 51.2 Å². The van der Waals surface area contributed by atoms with Crippen LogP contribution in [0.4, 0.5) is 10.6 Å². The van der Waals surface area contributed by atoms with Crippen molar-refractivity contribution in [3.8, 4) is 10.6 Å². The average molecular weight is 397 g/mol. The Bertz CT molecular complexity index is 937. The van der Waals surface area contributed by atoms with Gasteiger partial charge in [0, 0.05) is 37.9 Å². The first-order valence-corrected chi connectivity index (χ1v) is 10.3. The maximum Gasteiger partial charge on any atom is 0.410 e. The Morgan fingerprint density at radius 2 is 1.82 bits per heavy atom. The molecule has 0 bridgehead atoms. The van der Waals surface area contributed by atoms with Crippen LogP contribution in [0.15, 0.2) is 42.6 Å². The van der Waals surface area contributed by atoms with E-state index in [-0.39, 0.29) is 6.09 Å². The number of ether oxygens (including phenoxy) is 1. The molecule has 0 atom stereocenters. The lowest BCUT2D eigenvalue weighted by molar-refractivity contribution is 0.0240. The number of aromatic nitrogens is 2. The van der Waals surface area contributed by atoms with Crippen LogP contribution in [0, 0.1) is 0 Å². The van der Waals surface area contributed by atoms with Crippen LogP contribution in [0.3, 0.4) is 0 Å². The van der Waals surface area contributed by atoms with Crippen molar-refractivity contribution in [2.45, 2.75) is 26.4 Å². The summed E-state index contributed by atoms with van der Waals surface area (Å²) in [5.74, 6) is 0.925. The van der Waals surface area contributed by atoms with Crippen molar-refractivity contribution in [1.82, 2.24) is 14.9 Å². The molecule has 0 unspecified atom stereocenters. The Balaban J connectivity index is 1.40. The SMILES string of the molecule is CC(C)(C)OC(=O)N1CCN(c2ccc(-c3nc4ccccc4s3)cn2)CC1. The molecule has 2 aromatic heterocycles. The lowest BCUT2D eigenvalue weighted by atomic mass is 10.2. The molecule has 1 aliphatic heterocycles. The van der Waals surface area contributed by atoms with Gasteiger partial charge < -0.3 is 14.5 Å². The fourth-order valence-electron chi connectivity index (χ4n) is 3.14. The quantitative estimate of drug-likeness (QED) is 0.642. The van der Waals surface area contributed by atoms with Gasteiger partial charge >= 0.3 is 6.09 Å². The number of carbonyl (C=O) groups is 1. The van der Waals surface area contributed by atoms with Crippen LogP contribution < -0.4 is 4.90 Å². The summed E-state index contributed by atoms with van der Waals surface area (Å²) in [7, 11) is 0. The Morgan fingerprint density at radius 3 is 2.46 bits per heavy atom. The maximum atomic E-state index is 12.2. The predicted molar refractivity (Wildman–Crippen MR) is 113 cm³/mol. The number of fused-ring (bicyclic) bond motifs is 1. The summed E-state index contributed by atoms with van der Waals surface area (Å²) in [4.78, 5) is 25.5. The third kappa shape index (κ3) is 4.09. The molecule has 1 fully saturated rings. The molecular weight excluding hydrogens is 372 g/mol. The second-order valence-electron chi connectivity index (χ2n) is 7.85. The molecular formula is C21H24N4O2S. The van der Waals surface area contributed by atoms with Gasteiger partial charge in [-0.05, 0) is 45.0 Å². The standard InChI is InChI=1S/C21H24N4O2S/c1-21(2,3)27-20(26)25-12-10-24(11-13-25)18-9-8-15(14-22-18)19-23-16-6-4-5-7-17(16)28-19/h4-9,14H,10-13H2,1-3H3. The molecule has 0 N–H and O–H groups in total. The number of benzene rings is 1. The number of piperazine rings is 1. The number of nitrogens with zero attached hydrogens (tertiary/aromatic N) is 4. The summed E-state index contributed by atoms with van der Waals surface area (Å²) in [6, 6.07) is 12.3. The summed E-state index contributed by atoms with van der Waals surface area (Å²) in [6.07, 6.45) is 1.64. The summed E-state index contributed by atoms with van der Waals surface area (Å²) < 4.78 is 6.64. The molecule has 1 aromatic carbocycles. The number of carbonyl (C=O) groups excluding carboxylic acids is 1. The largest absolute Gasteiger partial charge is 0.444 e. The Hall–Kier alpha value is -2.67. The minimum atomic E-state index is -0.466. The van der Waals surface area contributed by atoms with E-state index in [0.29, 0.717) is 13.1 Å². The predicted octanol–water partition coefficient (Wildman–Crippen LogP) is 4.42. The molecule has 7 heteroatoms. The van der Waals surface area contributed by atoms with Gasteiger partial charge in [-0.3, -0.25) is 0 Å². The second-order valence-corrected chi connectivity index (χ2v) is 8.88. The Labute approximate surface area is 168 Å². The zero-order chi connectivity index (χ0) is 19.7. The zero-order valence-electron chi connectivity index (χ0n) is 16.4. The average Bonchev–Trinajstić information content (AvgIpc) is 3.11. The molecule has 1 aliphatic rings.